The number of methoxy groups -OCH3 is 1. The van der Waals surface area contributed by atoms with Crippen molar-refractivity contribution in [2.24, 2.45) is 17.8 Å². The van der Waals surface area contributed by atoms with Crippen LogP contribution in [0.4, 0.5) is 14.0 Å². The molecule has 13 heteroatoms. The quantitative estimate of drug-likeness (QED) is 0.134. The van der Waals surface area contributed by atoms with Gasteiger partial charge >= 0.3 is 12.2 Å². The SMILES string of the molecule is COC(=O)N[C@H](C(=O)N1C2CC2C[C@H]1c1ncc(-c2ccc(-c3ccc4c(ccc5[nH]c([C@@H]6C[C@H]7C[C@H]7N6C(=O)OCc6ccccc6)nc54)c3)cc2F)[nH]1)C(C)C. The number of likely N-dealkylation sites (tertiary alicyclic amines) is 2. The molecule has 7 atom stereocenters. The zero-order valence-corrected chi connectivity index (χ0v) is 32.4. The van der Waals surface area contributed by atoms with E-state index in [1.807, 2.05) is 90.4 Å². The largest absolute Gasteiger partial charge is 0.453 e. The van der Waals surface area contributed by atoms with Crippen LogP contribution in [0, 0.1) is 23.6 Å². The molecule has 4 aromatic carbocycles. The van der Waals surface area contributed by atoms with E-state index in [0.29, 0.717) is 28.9 Å². The molecule has 58 heavy (non-hydrogen) atoms. The number of nitrogens with zero attached hydrogens (tertiary/aromatic N) is 4. The minimum absolute atomic E-state index is 0.0974. The zero-order valence-electron chi connectivity index (χ0n) is 32.4. The van der Waals surface area contributed by atoms with E-state index in [9.17, 15) is 14.4 Å². The number of aromatic nitrogens is 4. The van der Waals surface area contributed by atoms with Crippen molar-refractivity contribution >= 4 is 39.9 Å². The molecule has 0 spiro atoms. The van der Waals surface area contributed by atoms with Gasteiger partial charge in [-0.2, -0.15) is 0 Å². The number of hydrogen-bond donors (Lipinski definition) is 3. The lowest BCUT2D eigenvalue weighted by Gasteiger charge is -2.31. The van der Waals surface area contributed by atoms with Crippen molar-refractivity contribution in [3.05, 3.63) is 108 Å². The molecule has 2 saturated heterocycles. The van der Waals surface area contributed by atoms with Gasteiger partial charge in [0.25, 0.3) is 0 Å². The number of hydrogen-bond acceptors (Lipinski definition) is 7. The third-order valence-corrected chi connectivity index (χ3v) is 12.6. The summed E-state index contributed by atoms with van der Waals surface area (Å²) in [6, 6.07) is 24.0. The molecule has 4 heterocycles. The van der Waals surface area contributed by atoms with Gasteiger partial charge in [-0.25, -0.2) is 23.9 Å². The van der Waals surface area contributed by atoms with Crippen molar-refractivity contribution < 1.29 is 28.2 Å². The highest BCUT2D eigenvalue weighted by Gasteiger charge is 2.57. The molecule has 2 aromatic heterocycles. The van der Waals surface area contributed by atoms with Crippen LogP contribution < -0.4 is 5.32 Å². The average molecular weight is 782 g/mol. The van der Waals surface area contributed by atoms with Crippen LogP contribution in [0.1, 0.15) is 68.8 Å². The van der Waals surface area contributed by atoms with Crippen molar-refractivity contribution in [2.45, 2.75) is 76.3 Å². The molecule has 6 aromatic rings. The first-order valence-corrected chi connectivity index (χ1v) is 20.1. The van der Waals surface area contributed by atoms with Gasteiger partial charge in [0.05, 0.1) is 42.1 Å². The number of imidazole rings is 2. The first kappa shape index (κ1) is 36.1. The molecule has 0 radical (unpaired) electrons. The van der Waals surface area contributed by atoms with Gasteiger partial charge < -0.3 is 29.7 Å². The summed E-state index contributed by atoms with van der Waals surface area (Å²) in [7, 11) is 1.28. The van der Waals surface area contributed by atoms with E-state index in [0.717, 1.165) is 70.0 Å². The number of carbonyl (C=O) groups is 3. The third kappa shape index (κ3) is 6.33. The fourth-order valence-electron chi connectivity index (χ4n) is 9.35. The number of aromatic amines is 2. The Hall–Kier alpha value is -6.24. The highest BCUT2D eigenvalue weighted by Crippen LogP contribution is 2.54. The topological polar surface area (TPSA) is 146 Å². The fourth-order valence-corrected chi connectivity index (χ4v) is 9.35. The lowest BCUT2D eigenvalue weighted by molar-refractivity contribution is -0.136. The van der Waals surface area contributed by atoms with Crippen LogP contribution in [0.2, 0.25) is 0 Å². The number of benzene rings is 4. The Morgan fingerprint density at radius 2 is 1.59 bits per heavy atom. The van der Waals surface area contributed by atoms with Gasteiger partial charge in [-0.1, -0.05) is 68.4 Å². The van der Waals surface area contributed by atoms with Gasteiger partial charge in [0.1, 0.15) is 30.1 Å². The van der Waals surface area contributed by atoms with Crippen LogP contribution in [-0.4, -0.2) is 73.1 Å². The molecule has 296 valence electrons. The number of H-pyrrole nitrogens is 2. The van der Waals surface area contributed by atoms with Gasteiger partial charge in [-0.05, 0) is 89.8 Å². The van der Waals surface area contributed by atoms with Crippen LogP contribution in [0.15, 0.2) is 85.1 Å². The van der Waals surface area contributed by atoms with Crippen molar-refractivity contribution in [1.82, 2.24) is 35.1 Å². The number of rotatable bonds is 9. The summed E-state index contributed by atoms with van der Waals surface area (Å²) in [5, 5.41) is 4.63. The smallest absolute Gasteiger partial charge is 0.410 e. The summed E-state index contributed by atoms with van der Waals surface area (Å²) in [4.78, 5) is 59.4. The second kappa shape index (κ2) is 14.0. The summed E-state index contributed by atoms with van der Waals surface area (Å²) in [5.74, 6) is 1.49. The molecule has 0 bridgehead atoms. The van der Waals surface area contributed by atoms with Crippen molar-refractivity contribution in [3.63, 3.8) is 0 Å². The molecule has 3 N–H and O–H groups in total. The van der Waals surface area contributed by atoms with Gasteiger partial charge in [-0.15, -0.1) is 0 Å². The molecule has 12 nitrogen and oxygen atoms in total. The van der Waals surface area contributed by atoms with Gasteiger partial charge in [0.2, 0.25) is 5.91 Å². The number of amides is 3. The first-order valence-electron chi connectivity index (χ1n) is 20.1. The molecule has 10 rings (SSSR count). The van der Waals surface area contributed by atoms with Gasteiger partial charge in [-0.3, -0.25) is 9.69 Å². The lowest BCUT2D eigenvalue weighted by Crippen LogP contribution is -2.52. The average Bonchev–Trinajstić information content (AvgIpc) is 3.85. The second-order valence-corrected chi connectivity index (χ2v) is 16.6. The van der Waals surface area contributed by atoms with E-state index < -0.39 is 18.0 Å². The molecule has 4 fully saturated rings. The van der Waals surface area contributed by atoms with Gasteiger partial charge in [0.15, 0.2) is 0 Å². The van der Waals surface area contributed by atoms with Crippen LogP contribution in [0.25, 0.3) is 44.2 Å². The van der Waals surface area contributed by atoms with Crippen LogP contribution in [0.3, 0.4) is 0 Å². The maximum absolute atomic E-state index is 15.9. The number of carbonyl (C=O) groups excluding carboxylic acids is 3. The van der Waals surface area contributed by atoms with Crippen molar-refractivity contribution in [1.29, 1.82) is 0 Å². The molecule has 2 aliphatic carbocycles. The van der Waals surface area contributed by atoms with Crippen molar-refractivity contribution in [2.75, 3.05) is 7.11 Å². The summed E-state index contributed by atoms with van der Waals surface area (Å²) in [6.07, 6.45) is 4.18. The minimum Gasteiger partial charge on any atom is -0.453 e. The van der Waals surface area contributed by atoms with Crippen LogP contribution >= 0.6 is 0 Å². The number of piperidine rings is 2. The zero-order chi connectivity index (χ0) is 39.8. The Labute approximate surface area is 334 Å². The highest BCUT2D eigenvalue weighted by molar-refractivity contribution is 6.05. The van der Waals surface area contributed by atoms with E-state index in [4.69, 9.17) is 14.5 Å². The minimum atomic E-state index is -0.733. The maximum Gasteiger partial charge on any atom is 0.410 e. The number of alkyl carbamates (subject to hydrolysis) is 1. The Morgan fingerprint density at radius 1 is 0.862 bits per heavy atom. The summed E-state index contributed by atoms with van der Waals surface area (Å²) >= 11 is 0. The summed E-state index contributed by atoms with van der Waals surface area (Å²) in [5.41, 5.74) is 5.16. The number of fused-ring (bicyclic) bond motifs is 5. The highest BCUT2D eigenvalue weighted by atomic mass is 19.1. The van der Waals surface area contributed by atoms with E-state index in [1.54, 1.807) is 12.3 Å². The molecule has 3 amide bonds. The molecule has 4 aliphatic rings. The molecule has 2 saturated carbocycles. The standard InChI is InChI=1S/C45H44FN7O5/c1-23(2)39(51-44(55)57-3)43(54)52-35-17-28(35)19-37(52)41-47-21-34(49-41)31-13-10-26(16-32(31)46)25-9-12-30-27(15-25)11-14-33-40(30)50-42(48-33)38-20-29-18-36(29)53(38)45(56)58-22-24-7-5-4-6-8-24/h4-16,21,23,28-29,35-39H,17-20,22H2,1-3H3,(H,47,49)(H,48,50)(H,51,55)/t28?,29-,35?,36-,37+,38+,39+/m1/s1. The number of halogens is 1. The fraction of sp³-hybridized carbons (Fsp3) is 0.356. The maximum atomic E-state index is 15.9. The second-order valence-electron chi connectivity index (χ2n) is 16.6. The number of ether oxygens (including phenoxy) is 2. The normalized spacial score (nSPS) is 23.5. The monoisotopic (exact) mass is 781 g/mol. The number of nitrogens with one attached hydrogen (secondary N) is 3. The molecular formula is C45H44FN7O5. The Kier molecular flexibility index (Phi) is 8.72. The van der Waals surface area contributed by atoms with Crippen molar-refractivity contribution in [3.8, 4) is 22.4 Å². The Morgan fingerprint density at radius 3 is 2.33 bits per heavy atom. The van der Waals surface area contributed by atoms with Crippen LogP contribution in [-0.2, 0) is 20.9 Å². The van der Waals surface area contributed by atoms with E-state index >= 15 is 4.39 Å². The first-order chi connectivity index (χ1) is 28.1. The van der Waals surface area contributed by atoms with Crippen LogP contribution in [0.5, 0.6) is 0 Å². The summed E-state index contributed by atoms with van der Waals surface area (Å²) in [6.45, 7) is 4.00. The molecular weight excluding hydrogens is 738 g/mol. The Bertz CT molecular complexity index is 2590. The molecule has 2 unspecified atom stereocenters. The summed E-state index contributed by atoms with van der Waals surface area (Å²) < 4.78 is 26.5. The van der Waals surface area contributed by atoms with E-state index in [-0.39, 0.29) is 48.7 Å². The predicted molar refractivity (Wildman–Crippen MR) is 215 cm³/mol. The van der Waals surface area contributed by atoms with Gasteiger partial charge in [0, 0.05) is 23.0 Å². The predicted octanol–water partition coefficient (Wildman–Crippen LogP) is 8.43. The lowest BCUT2D eigenvalue weighted by atomic mass is 9.99. The van der Waals surface area contributed by atoms with E-state index in [1.165, 1.54) is 13.2 Å². The molecule has 2 aliphatic heterocycles. The Balaban J connectivity index is 0.864. The van der Waals surface area contributed by atoms with E-state index in [2.05, 4.69) is 20.3 Å². The third-order valence-electron chi connectivity index (χ3n) is 12.6.